The Balaban J connectivity index is 1.69. The van der Waals surface area contributed by atoms with Crippen molar-refractivity contribution in [3.05, 3.63) is 59.7 Å². The predicted molar refractivity (Wildman–Crippen MR) is 113 cm³/mol. The van der Waals surface area contributed by atoms with Crippen LogP contribution in [-0.2, 0) is 9.53 Å². The molecule has 30 heavy (non-hydrogen) atoms. The number of aryl methyl sites for hydroxylation is 1. The molecule has 1 fully saturated rings. The molecule has 0 aliphatic carbocycles. The van der Waals surface area contributed by atoms with E-state index >= 15 is 0 Å². The third kappa shape index (κ3) is 4.31. The van der Waals surface area contributed by atoms with Crippen molar-refractivity contribution in [1.29, 1.82) is 0 Å². The molecule has 156 valence electrons. The minimum Gasteiger partial charge on any atom is -0.494 e. The van der Waals surface area contributed by atoms with Crippen LogP contribution in [0.5, 0.6) is 5.75 Å². The summed E-state index contributed by atoms with van der Waals surface area (Å²) < 4.78 is 12.5. The highest BCUT2D eigenvalue weighted by molar-refractivity contribution is 8.00. The number of carbonyl (C=O) groups excluding carboxylic acids is 1. The van der Waals surface area contributed by atoms with Gasteiger partial charge >= 0.3 is 0 Å². The van der Waals surface area contributed by atoms with Crippen LogP contribution < -0.4 is 4.74 Å². The summed E-state index contributed by atoms with van der Waals surface area (Å²) in [6, 6.07) is 15.5. The van der Waals surface area contributed by atoms with Crippen molar-refractivity contribution in [1.82, 2.24) is 25.1 Å². The van der Waals surface area contributed by atoms with Crippen LogP contribution in [0.4, 0.5) is 0 Å². The maximum absolute atomic E-state index is 13.4. The third-order valence-electron chi connectivity index (χ3n) is 4.88. The molecule has 3 aromatic rings. The van der Waals surface area contributed by atoms with E-state index in [1.807, 2.05) is 60.4 Å². The van der Waals surface area contributed by atoms with Crippen LogP contribution in [0.1, 0.15) is 16.4 Å². The topological polar surface area (TPSA) is 82.4 Å². The number of thioether (sulfide) groups is 1. The lowest BCUT2D eigenvalue weighted by atomic mass is 10.1. The summed E-state index contributed by atoms with van der Waals surface area (Å²) >= 11 is 1.34. The molecular weight excluding hydrogens is 402 g/mol. The Kier molecular flexibility index (Phi) is 6.29. The predicted octanol–water partition coefficient (Wildman–Crippen LogP) is 2.67. The Morgan fingerprint density at radius 3 is 2.67 bits per heavy atom. The average molecular weight is 426 g/mol. The number of carbonyl (C=O) groups is 1. The highest BCUT2D eigenvalue weighted by atomic mass is 32.2. The summed E-state index contributed by atoms with van der Waals surface area (Å²) in [4.78, 5) is 15.2. The highest BCUT2D eigenvalue weighted by Gasteiger charge is 2.30. The lowest BCUT2D eigenvalue weighted by Crippen LogP contribution is -2.42. The van der Waals surface area contributed by atoms with Crippen molar-refractivity contribution in [2.75, 3.05) is 33.4 Å². The van der Waals surface area contributed by atoms with Crippen LogP contribution >= 0.6 is 11.8 Å². The molecule has 0 saturated carbocycles. The van der Waals surface area contributed by atoms with Gasteiger partial charge in [0.2, 0.25) is 11.1 Å². The number of amides is 1. The first-order valence-corrected chi connectivity index (χ1v) is 10.6. The van der Waals surface area contributed by atoms with Gasteiger partial charge in [-0.15, -0.1) is 5.10 Å². The zero-order valence-electron chi connectivity index (χ0n) is 16.9. The maximum Gasteiger partial charge on any atom is 0.240 e. The molecule has 8 nitrogen and oxygen atoms in total. The van der Waals surface area contributed by atoms with E-state index in [4.69, 9.17) is 9.47 Å². The number of nitrogens with zero attached hydrogens (tertiary/aromatic N) is 5. The van der Waals surface area contributed by atoms with E-state index in [0.717, 1.165) is 16.8 Å². The van der Waals surface area contributed by atoms with Gasteiger partial charge in [0.25, 0.3) is 0 Å². The molecule has 4 rings (SSSR count). The Hall–Kier alpha value is -2.91. The quantitative estimate of drug-likeness (QED) is 0.562. The van der Waals surface area contributed by atoms with Crippen molar-refractivity contribution < 1.29 is 14.3 Å². The monoisotopic (exact) mass is 425 g/mol. The minimum atomic E-state index is -0.468. The number of methoxy groups -OCH3 is 1. The van der Waals surface area contributed by atoms with Crippen molar-refractivity contribution in [2.24, 2.45) is 0 Å². The molecule has 1 aromatic heterocycles. The van der Waals surface area contributed by atoms with Crippen molar-refractivity contribution in [3.63, 3.8) is 0 Å². The van der Waals surface area contributed by atoms with Crippen LogP contribution in [0.3, 0.4) is 0 Å². The molecular formula is C21H23N5O3S. The standard InChI is InChI=1S/C21H23N5O3S/c1-15-8-9-18(28-2)17(14-15)26-21(22-23-24-26)30-19(16-6-4-3-5-7-16)20(27)25-10-12-29-13-11-25/h3-9,14,19H,10-13H2,1-2H3. The van der Waals surface area contributed by atoms with Crippen LogP contribution in [-0.4, -0.2) is 64.4 Å². The minimum absolute atomic E-state index is 0.0280. The molecule has 0 spiro atoms. The first kappa shape index (κ1) is 20.4. The van der Waals surface area contributed by atoms with Gasteiger partial charge in [-0.25, -0.2) is 0 Å². The van der Waals surface area contributed by atoms with Crippen LogP contribution in [0.25, 0.3) is 5.69 Å². The molecule has 1 aliphatic heterocycles. The third-order valence-corrected chi connectivity index (χ3v) is 6.05. The van der Waals surface area contributed by atoms with Gasteiger partial charge in [-0.2, -0.15) is 4.68 Å². The van der Waals surface area contributed by atoms with E-state index in [1.54, 1.807) is 11.8 Å². The fourth-order valence-corrected chi connectivity index (χ4v) is 4.39. The molecule has 2 heterocycles. The Bertz CT molecular complexity index is 1000. The van der Waals surface area contributed by atoms with E-state index in [9.17, 15) is 4.79 Å². The van der Waals surface area contributed by atoms with Gasteiger partial charge < -0.3 is 14.4 Å². The second kappa shape index (κ2) is 9.27. The molecule has 2 aromatic carbocycles. The Morgan fingerprint density at radius 2 is 1.93 bits per heavy atom. The lowest BCUT2D eigenvalue weighted by molar-refractivity contribution is -0.134. The zero-order chi connectivity index (χ0) is 20.9. The summed E-state index contributed by atoms with van der Waals surface area (Å²) in [7, 11) is 1.61. The van der Waals surface area contributed by atoms with Gasteiger partial charge in [-0.05, 0) is 40.6 Å². The van der Waals surface area contributed by atoms with E-state index in [2.05, 4.69) is 15.5 Å². The molecule has 1 aliphatic rings. The van der Waals surface area contributed by atoms with Gasteiger partial charge in [-0.3, -0.25) is 4.79 Å². The highest BCUT2D eigenvalue weighted by Crippen LogP contribution is 2.37. The maximum atomic E-state index is 13.4. The zero-order valence-corrected chi connectivity index (χ0v) is 17.7. The molecule has 1 atom stereocenters. The number of aromatic nitrogens is 4. The molecule has 1 amide bonds. The summed E-state index contributed by atoms with van der Waals surface area (Å²) in [5.74, 6) is 0.686. The molecule has 0 N–H and O–H groups in total. The molecule has 0 bridgehead atoms. The van der Waals surface area contributed by atoms with Crippen LogP contribution in [0, 0.1) is 6.92 Å². The first-order valence-electron chi connectivity index (χ1n) is 9.69. The fourth-order valence-electron chi connectivity index (χ4n) is 3.31. The van der Waals surface area contributed by atoms with Gasteiger partial charge in [0, 0.05) is 13.1 Å². The number of tetrazole rings is 1. The molecule has 0 radical (unpaired) electrons. The van der Waals surface area contributed by atoms with E-state index < -0.39 is 5.25 Å². The molecule has 1 unspecified atom stereocenters. The summed E-state index contributed by atoms with van der Waals surface area (Å²) in [5, 5.41) is 12.3. The van der Waals surface area contributed by atoms with Gasteiger partial charge in [-0.1, -0.05) is 48.2 Å². The van der Waals surface area contributed by atoms with Crippen LogP contribution in [0.15, 0.2) is 53.7 Å². The SMILES string of the molecule is COc1ccc(C)cc1-n1nnnc1SC(C(=O)N1CCOCC1)c1ccccc1. The lowest BCUT2D eigenvalue weighted by Gasteiger charge is -2.30. The van der Waals surface area contributed by atoms with E-state index in [0.29, 0.717) is 37.2 Å². The van der Waals surface area contributed by atoms with Crippen LogP contribution in [0.2, 0.25) is 0 Å². The number of hydrogen-bond donors (Lipinski definition) is 0. The number of morpholine rings is 1. The number of benzene rings is 2. The molecule has 9 heteroatoms. The average Bonchev–Trinajstić information content (AvgIpc) is 3.26. The second-order valence-electron chi connectivity index (χ2n) is 6.89. The second-order valence-corrected chi connectivity index (χ2v) is 7.97. The molecule has 1 saturated heterocycles. The number of rotatable bonds is 6. The van der Waals surface area contributed by atoms with Crippen molar-refractivity contribution in [3.8, 4) is 11.4 Å². The van der Waals surface area contributed by atoms with Gasteiger partial charge in [0.1, 0.15) is 16.7 Å². The van der Waals surface area contributed by atoms with Gasteiger partial charge in [0.05, 0.1) is 20.3 Å². The normalized spacial score (nSPS) is 15.1. The number of hydrogen-bond acceptors (Lipinski definition) is 7. The fraction of sp³-hybridized carbons (Fsp3) is 0.333. The largest absolute Gasteiger partial charge is 0.494 e. The smallest absolute Gasteiger partial charge is 0.240 e. The van der Waals surface area contributed by atoms with Crippen molar-refractivity contribution >= 4 is 17.7 Å². The van der Waals surface area contributed by atoms with E-state index in [-0.39, 0.29) is 5.91 Å². The summed E-state index contributed by atoms with van der Waals surface area (Å²) in [6.45, 7) is 4.26. The summed E-state index contributed by atoms with van der Waals surface area (Å²) in [5.41, 5.74) is 2.70. The summed E-state index contributed by atoms with van der Waals surface area (Å²) in [6.07, 6.45) is 0. The first-order chi connectivity index (χ1) is 14.7. The Morgan fingerprint density at radius 1 is 1.17 bits per heavy atom. The van der Waals surface area contributed by atoms with Crippen molar-refractivity contribution in [2.45, 2.75) is 17.3 Å². The van der Waals surface area contributed by atoms with E-state index in [1.165, 1.54) is 11.8 Å². The van der Waals surface area contributed by atoms with Gasteiger partial charge in [0.15, 0.2) is 0 Å². The number of ether oxygens (including phenoxy) is 2. The Labute approximate surface area is 179 Å².